The number of hydrogen-bond acceptors (Lipinski definition) is 7. The number of amides is 1. The number of carbonyl (C=O) groups is 1. The highest BCUT2D eigenvalue weighted by Crippen LogP contribution is 2.21. The molecule has 8 heteroatoms. The molecule has 4 rings (SSSR count). The van der Waals surface area contributed by atoms with Crippen molar-refractivity contribution < 1.29 is 4.79 Å². The Hall–Kier alpha value is -2.71. The molecular formula is C19H20N6OS. The molecule has 4 heterocycles. The van der Waals surface area contributed by atoms with Gasteiger partial charge in [-0.2, -0.15) is 0 Å². The molecule has 0 unspecified atom stereocenters. The fourth-order valence-corrected chi connectivity index (χ4v) is 3.91. The predicted octanol–water partition coefficient (Wildman–Crippen LogP) is 2.39. The Morgan fingerprint density at radius 3 is 2.70 bits per heavy atom. The van der Waals surface area contributed by atoms with Crippen LogP contribution in [0.25, 0.3) is 10.7 Å². The first kappa shape index (κ1) is 17.7. The third-order valence-corrected chi connectivity index (χ3v) is 5.53. The molecule has 0 aliphatic carbocycles. The van der Waals surface area contributed by atoms with E-state index in [1.807, 2.05) is 4.90 Å². The minimum atomic E-state index is 0.0870. The number of thiazole rings is 1. The SMILES string of the molecule is O=C(c1ccncc1)N1CCC(NCc2csc(-c3cnccn3)n2)CC1. The smallest absolute Gasteiger partial charge is 0.253 e. The summed E-state index contributed by atoms with van der Waals surface area (Å²) in [6, 6.07) is 3.93. The summed E-state index contributed by atoms with van der Waals surface area (Å²) in [6.07, 6.45) is 10.3. The molecule has 27 heavy (non-hydrogen) atoms. The number of piperidine rings is 1. The van der Waals surface area contributed by atoms with E-state index < -0.39 is 0 Å². The quantitative estimate of drug-likeness (QED) is 0.732. The number of carbonyl (C=O) groups excluding carboxylic acids is 1. The summed E-state index contributed by atoms with van der Waals surface area (Å²) >= 11 is 1.58. The van der Waals surface area contributed by atoms with Gasteiger partial charge in [-0.25, -0.2) is 4.98 Å². The summed E-state index contributed by atoms with van der Waals surface area (Å²) in [5, 5.41) is 6.50. The van der Waals surface area contributed by atoms with Crippen molar-refractivity contribution in [3.8, 4) is 10.7 Å². The molecule has 0 aromatic carbocycles. The normalized spacial score (nSPS) is 15.0. The fraction of sp³-hybridized carbons (Fsp3) is 0.316. The van der Waals surface area contributed by atoms with Crippen LogP contribution in [-0.2, 0) is 6.54 Å². The predicted molar refractivity (Wildman–Crippen MR) is 103 cm³/mol. The lowest BCUT2D eigenvalue weighted by Crippen LogP contribution is -2.44. The van der Waals surface area contributed by atoms with Crippen molar-refractivity contribution in [2.45, 2.75) is 25.4 Å². The highest BCUT2D eigenvalue weighted by Gasteiger charge is 2.23. The number of hydrogen-bond donors (Lipinski definition) is 1. The molecule has 0 saturated carbocycles. The fourth-order valence-electron chi connectivity index (χ4n) is 3.13. The average molecular weight is 380 g/mol. The van der Waals surface area contributed by atoms with Gasteiger partial charge in [0.1, 0.15) is 10.7 Å². The van der Waals surface area contributed by atoms with E-state index in [4.69, 9.17) is 0 Å². The third-order valence-electron chi connectivity index (χ3n) is 4.62. The zero-order valence-corrected chi connectivity index (χ0v) is 15.6. The van der Waals surface area contributed by atoms with Gasteiger partial charge in [0.2, 0.25) is 0 Å². The average Bonchev–Trinajstić information content (AvgIpc) is 3.22. The Kier molecular flexibility index (Phi) is 5.45. The zero-order chi connectivity index (χ0) is 18.5. The van der Waals surface area contributed by atoms with Gasteiger partial charge in [0, 0.05) is 61.4 Å². The topological polar surface area (TPSA) is 83.9 Å². The van der Waals surface area contributed by atoms with Crippen molar-refractivity contribution in [3.05, 3.63) is 59.8 Å². The van der Waals surface area contributed by atoms with Gasteiger partial charge in [-0.15, -0.1) is 11.3 Å². The van der Waals surface area contributed by atoms with Crippen molar-refractivity contribution in [3.63, 3.8) is 0 Å². The van der Waals surface area contributed by atoms with E-state index in [0.29, 0.717) is 11.6 Å². The Balaban J connectivity index is 1.27. The molecule has 1 saturated heterocycles. The first-order chi connectivity index (χ1) is 13.3. The molecule has 138 valence electrons. The Bertz CT molecular complexity index is 877. The van der Waals surface area contributed by atoms with Crippen molar-refractivity contribution in [1.29, 1.82) is 0 Å². The summed E-state index contributed by atoms with van der Waals surface area (Å²) in [6.45, 7) is 2.25. The second-order valence-electron chi connectivity index (χ2n) is 6.42. The Morgan fingerprint density at radius 1 is 1.15 bits per heavy atom. The van der Waals surface area contributed by atoms with Crippen LogP contribution in [0.4, 0.5) is 0 Å². The van der Waals surface area contributed by atoms with Crippen LogP contribution in [0.5, 0.6) is 0 Å². The van der Waals surface area contributed by atoms with Crippen LogP contribution in [-0.4, -0.2) is 49.9 Å². The number of nitrogens with one attached hydrogen (secondary N) is 1. The highest BCUT2D eigenvalue weighted by atomic mass is 32.1. The molecule has 0 atom stereocenters. The van der Waals surface area contributed by atoms with E-state index in [-0.39, 0.29) is 5.91 Å². The molecule has 1 aliphatic heterocycles. The molecule has 1 N–H and O–H groups in total. The summed E-state index contributed by atoms with van der Waals surface area (Å²) < 4.78 is 0. The van der Waals surface area contributed by atoms with E-state index >= 15 is 0 Å². The maximum atomic E-state index is 12.5. The first-order valence-corrected chi connectivity index (χ1v) is 9.81. The molecule has 3 aromatic heterocycles. The number of aromatic nitrogens is 4. The minimum Gasteiger partial charge on any atom is -0.339 e. The summed E-state index contributed by atoms with van der Waals surface area (Å²) in [5.41, 5.74) is 2.52. The van der Waals surface area contributed by atoms with Gasteiger partial charge in [-0.3, -0.25) is 19.7 Å². The van der Waals surface area contributed by atoms with Gasteiger partial charge in [-0.1, -0.05) is 0 Å². The molecule has 3 aromatic rings. The van der Waals surface area contributed by atoms with Gasteiger partial charge in [-0.05, 0) is 25.0 Å². The number of rotatable bonds is 5. The van der Waals surface area contributed by atoms with Crippen molar-refractivity contribution in [1.82, 2.24) is 30.2 Å². The van der Waals surface area contributed by atoms with Crippen molar-refractivity contribution >= 4 is 17.2 Å². The Labute approximate surface area is 161 Å². The van der Waals surface area contributed by atoms with Crippen LogP contribution in [0.3, 0.4) is 0 Å². The molecule has 0 bridgehead atoms. The third kappa shape index (κ3) is 4.35. The second kappa shape index (κ2) is 8.32. The van der Waals surface area contributed by atoms with Crippen LogP contribution in [0, 0.1) is 0 Å². The van der Waals surface area contributed by atoms with Crippen LogP contribution in [0.15, 0.2) is 48.5 Å². The summed E-state index contributed by atoms with van der Waals surface area (Å²) in [5.74, 6) is 0.0870. The van der Waals surface area contributed by atoms with Crippen molar-refractivity contribution in [2.24, 2.45) is 0 Å². The van der Waals surface area contributed by atoms with Gasteiger partial charge in [0.15, 0.2) is 0 Å². The molecular weight excluding hydrogens is 360 g/mol. The molecule has 1 fully saturated rings. The highest BCUT2D eigenvalue weighted by molar-refractivity contribution is 7.13. The number of nitrogens with zero attached hydrogens (tertiary/aromatic N) is 5. The lowest BCUT2D eigenvalue weighted by molar-refractivity contribution is 0.0704. The molecule has 0 spiro atoms. The van der Waals surface area contributed by atoms with E-state index in [1.165, 1.54) is 0 Å². The number of likely N-dealkylation sites (tertiary alicyclic amines) is 1. The summed E-state index contributed by atoms with van der Waals surface area (Å²) in [4.78, 5) is 31.4. The monoisotopic (exact) mass is 380 g/mol. The van der Waals surface area contributed by atoms with Crippen LogP contribution in [0.1, 0.15) is 28.9 Å². The van der Waals surface area contributed by atoms with Crippen LogP contribution in [0.2, 0.25) is 0 Å². The largest absolute Gasteiger partial charge is 0.339 e. The molecule has 7 nitrogen and oxygen atoms in total. The number of pyridine rings is 1. The summed E-state index contributed by atoms with van der Waals surface area (Å²) in [7, 11) is 0. The van der Waals surface area contributed by atoms with E-state index in [2.05, 4.69) is 30.6 Å². The standard InChI is InChI=1S/C19H20N6OS/c26-19(14-1-5-20-6-2-14)25-9-3-15(4-10-25)23-11-16-13-27-18(24-16)17-12-21-7-8-22-17/h1-2,5-8,12-13,15,23H,3-4,9-11H2. The lowest BCUT2D eigenvalue weighted by Gasteiger charge is -2.32. The van der Waals surface area contributed by atoms with Gasteiger partial charge in [0.25, 0.3) is 5.91 Å². The van der Waals surface area contributed by atoms with Crippen LogP contribution < -0.4 is 5.32 Å². The van der Waals surface area contributed by atoms with E-state index in [0.717, 1.165) is 48.9 Å². The first-order valence-electron chi connectivity index (χ1n) is 8.93. The van der Waals surface area contributed by atoms with E-state index in [9.17, 15) is 4.79 Å². The second-order valence-corrected chi connectivity index (χ2v) is 7.28. The van der Waals surface area contributed by atoms with Crippen LogP contribution >= 0.6 is 11.3 Å². The van der Waals surface area contributed by atoms with Gasteiger partial charge >= 0.3 is 0 Å². The lowest BCUT2D eigenvalue weighted by atomic mass is 10.0. The molecule has 1 aliphatic rings. The maximum absolute atomic E-state index is 12.5. The van der Waals surface area contributed by atoms with Gasteiger partial charge in [0.05, 0.1) is 11.9 Å². The maximum Gasteiger partial charge on any atom is 0.253 e. The Morgan fingerprint density at radius 2 is 1.96 bits per heavy atom. The minimum absolute atomic E-state index is 0.0870. The molecule has 0 radical (unpaired) electrons. The molecule has 1 amide bonds. The van der Waals surface area contributed by atoms with E-state index in [1.54, 1.807) is 54.5 Å². The van der Waals surface area contributed by atoms with Crippen molar-refractivity contribution in [2.75, 3.05) is 13.1 Å². The zero-order valence-electron chi connectivity index (χ0n) is 14.8. The van der Waals surface area contributed by atoms with Gasteiger partial charge < -0.3 is 10.2 Å².